The van der Waals surface area contributed by atoms with Gasteiger partial charge in [-0.05, 0) is 38.9 Å². The number of rotatable bonds is 2. The van der Waals surface area contributed by atoms with Gasteiger partial charge < -0.3 is 10.2 Å². The monoisotopic (exact) mass is 229 g/mol. The maximum absolute atomic E-state index is 9.18. The number of hydrogen-bond acceptors (Lipinski definition) is 3. The molecule has 1 aromatic carbocycles. The van der Waals surface area contributed by atoms with Crippen molar-refractivity contribution in [3.63, 3.8) is 0 Å². The molecule has 0 amide bonds. The Morgan fingerprint density at radius 2 is 2.24 bits per heavy atom. The Hall–Kier alpha value is -1.53. The summed E-state index contributed by atoms with van der Waals surface area (Å²) in [6.07, 6.45) is 1.13. The van der Waals surface area contributed by atoms with Crippen LogP contribution in [-0.2, 0) is 0 Å². The topological polar surface area (TPSA) is 39.1 Å². The smallest absolute Gasteiger partial charge is 0.102 e. The van der Waals surface area contributed by atoms with Crippen molar-refractivity contribution in [2.45, 2.75) is 32.4 Å². The number of nitriles is 1. The van der Waals surface area contributed by atoms with Gasteiger partial charge >= 0.3 is 0 Å². The SMILES string of the molecule is Cc1cccc(NC2CC(C)N(C)C2)c1C#N. The first-order valence-electron chi connectivity index (χ1n) is 6.08. The highest BCUT2D eigenvalue weighted by Crippen LogP contribution is 2.23. The lowest BCUT2D eigenvalue weighted by Crippen LogP contribution is -2.25. The van der Waals surface area contributed by atoms with E-state index in [1.54, 1.807) is 0 Å². The first-order chi connectivity index (χ1) is 8.11. The van der Waals surface area contributed by atoms with Crippen molar-refractivity contribution in [3.05, 3.63) is 29.3 Å². The Kier molecular flexibility index (Phi) is 3.35. The number of benzene rings is 1. The summed E-state index contributed by atoms with van der Waals surface area (Å²) < 4.78 is 0. The molecule has 1 N–H and O–H groups in total. The molecule has 3 nitrogen and oxygen atoms in total. The Morgan fingerprint density at radius 1 is 1.47 bits per heavy atom. The van der Waals surface area contributed by atoms with Crippen molar-refractivity contribution in [3.8, 4) is 6.07 Å². The van der Waals surface area contributed by atoms with Crippen LogP contribution in [0.1, 0.15) is 24.5 Å². The number of nitrogens with one attached hydrogen (secondary N) is 1. The van der Waals surface area contributed by atoms with E-state index in [1.807, 2.05) is 25.1 Å². The van der Waals surface area contributed by atoms with E-state index in [-0.39, 0.29) is 0 Å². The Labute approximate surface area is 103 Å². The number of likely N-dealkylation sites (tertiary alicyclic amines) is 1. The zero-order chi connectivity index (χ0) is 12.4. The first-order valence-corrected chi connectivity index (χ1v) is 6.08. The van der Waals surface area contributed by atoms with Gasteiger partial charge in [0.1, 0.15) is 6.07 Å². The zero-order valence-electron chi connectivity index (χ0n) is 10.7. The van der Waals surface area contributed by atoms with Crippen molar-refractivity contribution in [1.82, 2.24) is 4.90 Å². The largest absolute Gasteiger partial charge is 0.380 e. The summed E-state index contributed by atoms with van der Waals surface area (Å²) in [4.78, 5) is 2.35. The summed E-state index contributed by atoms with van der Waals surface area (Å²) in [6, 6.07) is 9.32. The third kappa shape index (κ3) is 2.42. The molecule has 2 atom stereocenters. The van der Waals surface area contributed by atoms with Crippen molar-refractivity contribution in [2.24, 2.45) is 0 Å². The van der Waals surface area contributed by atoms with Gasteiger partial charge in [-0.2, -0.15) is 5.26 Å². The van der Waals surface area contributed by atoms with E-state index in [2.05, 4.69) is 30.3 Å². The van der Waals surface area contributed by atoms with Gasteiger partial charge in [0, 0.05) is 18.6 Å². The molecule has 1 aromatic rings. The molecule has 2 rings (SSSR count). The third-order valence-electron chi connectivity index (χ3n) is 3.63. The number of aryl methyl sites for hydroxylation is 1. The molecule has 0 saturated carbocycles. The maximum atomic E-state index is 9.18. The van der Waals surface area contributed by atoms with Gasteiger partial charge in [-0.25, -0.2) is 0 Å². The number of likely N-dealkylation sites (N-methyl/N-ethyl adjacent to an activating group) is 1. The van der Waals surface area contributed by atoms with Crippen molar-refractivity contribution in [1.29, 1.82) is 5.26 Å². The van der Waals surface area contributed by atoms with Gasteiger partial charge in [0.25, 0.3) is 0 Å². The Morgan fingerprint density at radius 3 is 2.82 bits per heavy atom. The molecule has 1 aliphatic rings. The molecule has 2 unspecified atom stereocenters. The molecule has 90 valence electrons. The summed E-state index contributed by atoms with van der Waals surface area (Å²) in [5.74, 6) is 0. The van der Waals surface area contributed by atoms with Crippen LogP contribution in [0.15, 0.2) is 18.2 Å². The van der Waals surface area contributed by atoms with E-state index in [4.69, 9.17) is 0 Å². The van der Waals surface area contributed by atoms with Crippen LogP contribution in [-0.4, -0.2) is 30.6 Å². The Bertz CT molecular complexity index is 437. The lowest BCUT2D eigenvalue weighted by atomic mass is 10.1. The van der Waals surface area contributed by atoms with E-state index >= 15 is 0 Å². The molecule has 0 bridgehead atoms. The molecule has 1 saturated heterocycles. The summed E-state index contributed by atoms with van der Waals surface area (Å²) >= 11 is 0. The highest BCUT2D eigenvalue weighted by molar-refractivity contribution is 5.61. The number of nitrogens with zero attached hydrogens (tertiary/aromatic N) is 2. The third-order valence-corrected chi connectivity index (χ3v) is 3.63. The predicted octanol–water partition coefficient (Wildman–Crippen LogP) is 2.37. The van der Waals surface area contributed by atoms with Crippen molar-refractivity contribution < 1.29 is 0 Å². The van der Waals surface area contributed by atoms with Crippen LogP contribution in [0.25, 0.3) is 0 Å². The molecule has 0 aliphatic carbocycles. The number of anilines is 1. The molecule has 1 aliphatic heterocycles. The van der Waals surface area contributed by atoms with Crippen molar-refractivity contribution >= 4 is 5.69 Å². The van der Waals surface area contributed by atoms with E-state index in [0.717, 1.165) is 29.8 Å². The summed E-state index contributed by atoms with van der Waals surface area (Å²) in [6.45, 7) is 5.26. The molecule has 1 heterocycles. The Balaban J connectivity index is 2.15. The predicted molar refractivity (Wildman–Crippen MR) is 70.0 cm³/mol. The van der Waals surface area contributed by atoms with Gasteiger partial charge in [-0.3, -0.25) is 0 Å². The number of hydrogen-bond donors (Lipinski definition) is 1. The highest BCUT2D eigenvalue weighted by Gasteiger charge is 2.26. The minimum absolute atomic E-state index is 0.448. The summed E-state index contributed by atoms with van der Waals surface area (Å²) in [7, 11) is 2.15. The van der Waals surface area contributed by atoms with Crippen molar-refractivity contribution in [2.75, 3.05) is 18.9 Å². The maximum Gasteiger partial charge on any atom is 0.102 e. The van der Waals surface area contributed by atoms with Gasteiger partial charge in [0.2, 0.25) is 0 Å². The second-order valence-corrected chi connectivity index (χ2v) is 4.97. The average molecular weight is 229 g/mol. The molecule has 17 heavy (non-hydrogen) atoms. The lowest BCUT2D eigenvalue weighted by molar-refractivity contribution is 0.330. The van der Waals surface area contributed by atoms with Crippen LogP contribution < -0.4 is 5.32 Å². The van der Waals surface area contributed by atoms with Crippen LogP contribution >= 0.6 is 0 Å². The van der Waals surface area contributed by atoms with Crippen LogP contribution in [0.4, 0.5) is 5.69 Å². The van der Waals surface area contributed by atoms with E-state index in [1.165, 1.54) is 0 Å². The summed E-state index contributed by atoms with van der Waals surface area (Å²) in [5, 5.41) is 12.7. The van der Waals surface area contributed by atoms with E-state index in [9.17, 15) is 5.26 Å². The molecule has 0 radical (unpaired) electrons. The van der Waals surface area contributed by atoms with Gasteiger partial charge in [-0.1, -0.05) is 12.1 Å². The van der Waals surface area contributed by atoms with Gasteiger partial charge in [0.15, 0.2) is 0 Å². The molecule has 0 spiro atoms. The zero-order valence-corrected chi connectivity index (χ0v) is 10.7. The second kappa shape index (κ2) is 4.77. The van der Waals surface area contributed by atoms with Crippen LogP contribution in [0, 0.1) is 18.3 Å². The minimum Gasteiger partial charge on any atom is -0.380 e. The minimum atomic E-state index is 0.448. The standard InChI is InChI=1S/C14H19N3/c1-10-5-4-6-14(13(10)8-15)16-12-7-11(2)17(3)9-12/h4-6,11-12,16H,7,9H2,1-3H3. The van der Waals surface area contributed by atoms with Crippen LogP contribution in [0.5, 0.6) is 0 Å². The van der Waals surface area contributed by atoms with Gasteiger partial charge in [-0.15, -0.1) is 0 Å². The molecular weight excluding hydrogens is 210 g/mol. The van der Waals surface area contributed by atoms with Crippen LogP contribution in [0.2, 0.25) is 0 Å². The fourth-order valence-corrected chi connectivity index (χ4v) is 2.45. The van der Waals surface area contributed by atoms with E-state index in [0.29, 0.717) is 12.1 Å². The highest BCUT2D eigenvalue weighted by atomic mass is 15.2. The second-order valence-electron chi connectivity index (χ2n) is 4.97. The van der Waals surface area contributed by atoms with E-state index < -0.39 is 0 Å². The quantitative estimate of drug-likeness (QED) is 0.846. The lowest BCUT2D eigenvalue weighted by Gasteiger charge is -2.16. The molecule has 0 aromatic heterocycles. The fourth-order valence-electron chi connectivity index (χ4n) is 2.45. The normalized spacial score (nSPS) is 24.6. The van der Waals surface area contributed by atoms with Gasteiger partial charge in [0.05, 0.1) is 11.3 Å². The fraction of sp³-hybridized carbons (Fsp3) is 0.500. The molecule has 3 heteroatoms. The summed E-state index contributed by atoms with van der Waals surface area (Å²) in [5.41, 5.74) is 2.78. The molecule has 1 fully saturated rings. The molecular formula is C14H19N3. The van der Waals surface area contributed by atoms with Crippen LogP contribution in [0.3, 0.4) is 0 Å². The average Bonchev–Trinajstić information content (AvgIpc) is 2.58. The first kappa shape index (κ1) is 11.9.